The summed E-state index contributed by atoms with van der Waals surface area (Å²) in [7, 11) is 3.84. The Bertz CT molecular complexity index is 374. The predicted molar refractivity (Wildman–Crippen MR) is 80.6 cm³/mol. The first-order valence-corrected chi connectivity index (χ1v) is 6.82. The number of rotatable bonds is 7. The topological polar surface area (TPSA) is 37.4 Å². The number of hydrogen-bond donors (Lipinski definition) is 1. The van der Waals surface area contributed by atoms with Crippen LogP contribution in [0.5, 0.6) is 0 Å². The van der Waals surface area contributed by atoms with Gasteiger partial charge in [0.2, 0.25) is 0 Å². The van der Waals surface area contributed by atoms with Gasteiger partial charge in [0.05, 0.1) is 11.9 Å². The SMILES string of the molecule is COCCCN(C)c1cnccc1CNC(C)(C)C. The number of aromatic nitrogens is 1. The van der Waals surface area contributed by atoms with E-state index in [1.54, 1.807) is 7.11 Å². The monoisotopic (exact) mass is 265 g/mol. The van der Waals surface area contributed by atoms with Crippen LogP contribution in [0.15, 0.2) is 18.5 Å². The molecular formula is C15H27N3O. The predicted octanol–water partition coefficient (Wildman–Crippen LogP) is 2.44. The fraction of sp³-hybridized carbons (Fsp3) is 0.667. The highest BCUT2D eigenvalue weighted by Gasteiger charge is 2.12. The molecule has 0 aliphatic carbocycles. The second-order valence-electron chi connectivity index (χ2n) is 5.88. The molecule has 0 aliphatic rings. The van der Waals surface area contributed by atoms with E-state index < -0.39 is 0 Å². The number of methoxy groups -OCH3 is 1. The Morgan fingerprint density at radius 1 is 1.37 bits per heavy atom. The molecular weight excluding hydrogens is 238 g/mol. The van der Waals surface area contributed by atoms with Crippen LogP contribution in [0.3, 0.4) is 0 Å². The molecule has 1 rings (SSSR count). The van der Waals surface area contributed by atoms with Gasteiger partial charge < -0.3 is 15.0 Å². The lowest BCUT2D eigenvalue weighted by atomic mass is 10.1. The third-order valence-electron chi connectivity index (χ3n) is 2.95. The molecule has 0 saturated carbocycles. The number of hydrogen-bond acceptors (Lipinski definition) is 4. The fourth-order valence-electron chi connectivity index (χ4n) is 1.84. The molecule has 0 amide bonds. The van der Waals surface area contributed by atoms with Crippen LogP contribution in [0, 0.1) is 0 Å². The minimum Gasteiger partial charge on any atom is -0.385 e. The molecule has 1 heterocycles. The summed E-state index contributed by atoms with van der Waals surface area (Å²) in [5.74, 6) is 0. The van der Waals surface area contributed by atoms with Gasteiger partial charge in [-0.2, -0.15) is 0 Å². The van der Waals surface area contributed by atoms with E-state index in [4.69, 9.17) is 4.74 Å². The van der Waals surface area contributed by atoms with E-state index in [-0.39, 0.29) is 5.54 Å². The van der Waals surface area contributed by atoms with E-state index in [1.807, 2.05) is 12.4 Å². The van der Waals surface area contributed by atoms with Crippen LogP contribution in [-0.2, 0) is 11.3 Å². The number of anilines is 1. The first-order valence-electron chi connectivity index (χ1n) is 6.82. The van der Waals surface area contributed by atoms with Crippen LogP contribution < -0.4 is 10.2 Å². The summed E-state index contributed by atoms with van der Waals surface area (Å²) < 4.78 is 5.10. The van der Waals surface area contributed by atoms with Crippen molar-refractivity contribution in [1.82, 2.24) is 10.3 Å². The molecule has 0 unspecified atom stereocenters. The van der Waals surface area contributed by atoms with Crippen molar-refractivity contribution < 1.29 is 4.74 Å². The number of ether oxygens (including phenoxy) is 1. The molecule has 19 heavy (non-hydrogen) atoms. The molecule has 4 nitrogen and oxygen atoms in total. The van der Waals surface area contributed by atoms with Crippen LogP contribution in [-0.4, -0.2) is 37.8 Å². The fourth-order valence-corrected chi connectivity index (χ4v) is 1.84. The van der Waals surface area contributed by atoms with Crippen molar-refractivity contribution in [3.63, 3.8) is 0 Å². The second kappa shape index (κ2) is 7.46. The summed E-state index contributed by atoms with van der Waals surface area (Å²) in [6.45, 7) is 9.15. The van der Waals surface area contributed by atoms with Crippen LogP contribution in [0.4, 0.5) is 5.69 Å². The van der Waals surface area contributed by atoms with Crippen molar-refractivity contribution in [2.75, 3.05) is 32.2 Å². The highest BCUT2D eigenvalue weighted by Crippen LogP contribution is 2.18. The van der Waals surface area contributed by atoms with E-state index in [0.717, 1.165) is 26.1 Å². The lowest BCUT2D eigenvalue weighted by Gasteiger charge is -2.25. The molecule has 0 saturated heterocycles. The zero-order chi connectivity index (χ0) is 14.3. The molecule has 0 aliphatic heterocycles. The number of pyridine rings is 1. The quantitative estimate of drug-likeness (QED) is 0.768. The van der Waals surface area contributed by atoms with Gasteiger partial charge in [-0.15, -0.1) is 0 Å². The van der Waals surface area contributed by atoms with Crippen molar-refractivity contribution in [3.05, 3.63) is 24.0 Å². The van der Waals surface area contributed by atoms with E-state index in [0.29, 0.717) is 0 Å². The first-order chi connectivity index (χ1) is 8.94. The Morgan fingerprint density at radius 3 is 2.74 bits per heavy atom. The van der Waals surface area contributed by atoms with Crippen molar-refractivity contribution >= 4 is 5.69 Å². The maximum Gasteiger partial charge on any atom is 0.0595 e. The summed E-state index contributed by atoms with van der Waals surface area (Å²) in [5, 5.41) is 3.52. The van der Waals surface area contributed by atoms with Gasteiger partial charge >= 0.3 is 0 Å². The van der Waals surface area contributed by atoms with E-state index >= 15 is 0 Å². The van der Waals surface area contributed by atoms with E-state index in [9.17, 15) is 0 Å². The third-order valence-corrected chi connectivity index (χ3v) is 2.95. The standard InChI is InChI=1S/C15H27N3O/c1-15(2,3)17-11-13-7-8-16-12-14(13)18(4)9-6-10-19-5/h7-8,12,17H,6,9-11H2,1-5H3. The zero-order valence-electron chi connectivity index (χ0n) is 12.9. The highest BCUT2D eigenvalue weighted by atomic mass is 16.5. The Hall–Kier alpha value is -1.13. The molecule has 108 valence electrons. The zero-order valence-corrected chi connectivity index (χ0v) is 12.9. The van der Waals surface area contributed by atoms with Gasteiger partial charge in [0.1, 0.15) is 0 Å². The van der Waals surface area contributed by atoms with Crippen molar-refractivity contribution in [2.45, 2.75) is 39.3 Å². The lowest BCUT2D eigenvalue weighted by Crippen LogP contribution is -2.35. The largest absolute Gasteiger partial charge is 0.385 e. The van der Waals surface area contributed by atoms with Gasteiger partial charge in [-0.3, -0.25) is 4.98 Å². The Balaban J connectivity index is 2.66. The molecule has 0 bridgehead atoms. The molecule has 1 aromatic heterocycles. The number of nitrogens with zero attached hydrogens (tertiary/aromatic N) is 2. The summed E-state index contributed by atoms with van der Waals surface area (Å²) in [4.78, 5) is 6.48. The van der Waals surface area contributed by atoms with Gasteiger partial charge in [0, 0.05) is 45.6 Å². The molecule has 1 N–H and O–H groups in total. The lowest BCUT2D eigenvalue weighted by molar-refractivity contribution is 0.196. The van der Waals surface area contributed by atoms with Crippen LogP contribution in [0.1, 0.15) is 32.8 Å². The molecule has 0 spiro atoms. The van der Waals surface area contributed by atoms with Crippen LogP contribution in [0.25, 0.3) is 0 Å². The number of nitrogens with one attached hydrogen (secondary N) is 1. The van der Waals surface area contributed by atoms with Crippen molar-refractivity contribution in [1.29, 1.82) is 0 Å². The summed E-state index contributed by atoms with van der Waals surface area (Å²) in [6.07, 6.45) is 4.81. The summed E-state index contributed by atoms with van der Waals surface area (Å²) in [6, 6.07) is 2.08. The molecule has 1 aromatic rings. The molecule has 0 aromatic carbocycles. The van der Waals surface area contributed by atoms with Gasteiger partial charge in [-0.05, 0) is 38.8 Å². The summed E-state index contributed by atoms with van der Waals surface area (Å²) >= 11 is 0. The maximum absolute atomic E-state index is 5.10. The van der Waals surface area contributed by atoms with Gasteiger partial charge in [0.25, 0.3) is 0 Å². The highest BCUT2D eigenvalue weighted by molar-refractivity contribution is 5.50. The van der Waals surface area contributed by atoms with Crippen LogP contribution in [0.2, 0.25) is 0 Å². The molecule has 0 radical (unpaired) electrons. The minimum absolute atomic E-state index is 0.120. The van der Waals surface area contributed by atoms with Gasteiger partial charge in [0.15, 0.2) is 0 Å². The molecule has 0 fully saturated rings. The summed E-state index contributed by atoms with van der Waals surface area (Å²) in [5.41, 5.74) is 2.59. The maximum atomic E-state index is 5.10. The van der Waals surface area contributed by atoms with Crippen molar-refractivity contribution in [3.8, 4) is 0 Å². The third kappa shape index (κ3) is 6.03. The second-order valence-corrected chi connectivity index (χ2v) is 5.88. The Morgan fingerprint density at radius 2 is 2.11 bits per heavy atom. The van der Waals surface area contributed by atoms with Gasteiger partial charge in [-0.1, -0.05) is 0 Å². The molecule has 4 heteroatoms. The average molecular weight is 265 g/mol. The van der Waals surface area contributed by atoms with Crippen LogP contribution >= 0.6 is 0 Å². The smallest absolute Gasteiger partial charge is 0.0595 e. The van der Waals surface area contributed by atoms with E-state index in [1.165, 1.54) is 11.3 Å². The minimum atomic E-state index is 0.120. The van der Waals surface area contributed by atoms with E-state index in [2.05, 4.69) is 49.1 Å². The Kier molecular flexibility index (Phi) is 6.25. The Labute approximate surface area is 117 Å². The normalized spacial score (nSPS) is 11.6. The van der Waals surface area contributed by atoms with Gasteiger partial charge in [-0.25, -0.2) is 0 Å². The average Bonchev–Trinajstić information content (AvgIpc) is 2.36. The molecule has 0 atom stereocenters. The first kappa shape index (κ1) is 15.9. The van der Waals surface area contributed by atoms with Crippen molar-refractivity contribution in [2.24, 2.45) is 0 Å².